The largest absolute Gasteiger partial charge is 0.391 e. The molecule has 1 saturated heterocycles. The first kappa shape index (κ1) is 22.8. The minimum atomic E-state index is -0.472. The Kier molecular flexibility index (Phi) is 7.81. The van der Waals surface area contributed by atoms with Gasteiger partial charge in [-0.05, 0) is 41.5 Å². The third-order valence-electron chi connectivity index (χ3n) is 5.56. The fraction of sp³-hybridized carbons (Fsp3) is 0.333. The number of halogens is 2. The average molecular weight is 457 g/mol. The van der Waals surface area contributed by atoms with Crippen molar-refractivity contribution >= 4 is 11.8 Å². The van der Waals surface area contributed by atoms with Gasteiger partial charge in [0.2, 0.25) is 0 Å². The van der Waals surface area contributed by atoms with E-state index in [-0.39, 0.29) is 17.7 Å². The van der Waals surface area contributed by atoms with E-state index in [4.69, 9.17) is 0 Å². The van der Waals surface area contributed by atoms with Gasteiger partial charge in [0.15, 0.2) is 5.16 Å². The summed E-state index contributed by atoms with van der Waals surface area (Å²) >= 11 is 1.45. The zero-order chi connectivity index (χ0) is 22.3. The number of thioether (sulfide) groups is 1. The number of piperazine rings is 1. The Bertz CT molecular complexity index is 922. The van der Waals surface area contributed by atoms with Crippen LogP contribution in [0.25, 0.3) is 0 Å². The second-order valence-corrected chi connectivity index (χ2v) is 8.83. The molecule has 0 amide bonds. The number of aliphatic hydroxyl groups is 1. The van der Waals surface area contributed by atoms with Crippen LogP contribution in [0.15, 0.2) is 72.1 Å². The van der Waals surface area contributed by atoms with Crippen molar-refractivity contribution in [2.75, 3.05) is 38.5 Å². The Morgan fingerprint density at radius 2 is 1.38 bits per heavy atom. The SMILES string of the molecule is OC(CSc1ncccn1)CN1CCN(C(c2ccc(F)cc2)c2ccc(F)cc2)CC1. The van der Waals surface area contributed by atoms with E-state index in [2.05, 4.69) is 19.8 Å². The standard InChI is InChI=1S/C24H26F2N4OS/c25-20-6-2-18(3-7-20)23(19-4-8-21(26)9-5-19)30-14-12-29(13-15-30)16-22(31)17-32-24-27-10-1-11-28-24/h1-11,22-23,31H,12-17H2. The van der Waals surface area contributed by atoms with Gasteiger partial charge >= 0.3 is 0 Å². The number of β-amino-alcohol motifs (C(OH)–C–C–N with tert-alkyl or cyclic N) is 1. The molecule has 5 nitrogen and oxygen atoms in total. The molecule has 0 radical (unpaired) electrons. The highest BCUT2D eigenvalue weighted by molar-refractivity contribution is 7.99. The molecule has 1 unspecified atom stereocenters. The lowest BCUT2D eigenvalue weighted by Crippen LogP contribution is -2.50. The van der Waals surface area contributed by atoms with Crippen LogP contribution < -0.4 is 0 Å². The lowest BCUT2D eigenvalue weighted by molar-refractivity contribution is 0.0707. The molecule has 1 aliphatic heterocycles. The summed E-state index contributed by atoms with van der Waals surface area (Å²) in [4.78, 5) is 12.9. The maximum absolute atomic E-state index is 13.5. The van der Waals surface area contributed by atoms with Crippen LogP contribution in [-0.4, -0.2) is 69.5 Å². The Morgan fingerprint density at radius 3 is 1.91 bits per heavy atom. The minimum Gasteiger partial charge on any atom is -0.391 e. The maximum atomic E-state index is 13.5. The normalized spacial score (nSPS) is 16.4. The fourth-order valence-electron chi connectivity index (χ4n) is 3.99. The summed E-state index contributed by atoms with van der Waals surface area (Å²) < 4.78 is 27.0. The first-order chi connectivity index (χ1) is 15.6. The van der Waals surface area contributed by atoms with Crippen LogP contribution in [-0.2, 0) is 0 Å². The summed E-state index contributed by atoms with van der Waals surface area (Å²) in [7, 11) is 0. The van der Waals surface area contributed by atoms with Gasteiger partial charge in [0.05, 0.1) is 12.1 Å². The van der Waals surface area contributed by atoms with Gasteiger partial charge in [-0.2, -0.15) is 0 Å². The molecule has 0 aliphatic carbocycles. The van der Waals surface area contributed by atoms with E-state index >= 15 is 0 Å². The summed E-state index contributed by atoms with van der Waals surface area (Å²) in [6.07, 6.45) is 2.92. The first-order valence-electron chi connectivity index (χ1n) is 10.6. The Labute approximate surface area is 191 Å². The summed E-state index contributed by atoms with van der Waals surface area (Å²) in [5, 5.41) is 11.1. The van der Waals surface area contributed by atoms with E-state index < -0.39 is 6.10 Å². The molecule has 2 heterocycles. The second kappa shape index (κ2) is 11.0. The van der Waals surface area contributed by atoms with Crippen molar-refractivity contribution in [3.8, 4) is 0 Å². The van der Waals surface area contributed by atoms with Crippen LogP contribution in [0.5, 0.6) is 0 Å². The highest BCUT2D eigenvalue weighted by atomic mass is 32.2. The molecule has 0 saturated carbocycles. The van der Waals surface area contributed by atoms with Crippen LogP contribution in [0.4, 0.5) is 8.78 Å². The number of hydrogen-bond acceptors (Lipinski definition) is 6. The summed E-state index contributed by atoms with van der Waals surface area (Å²) in [6, 6.07) is 14.7. The van der Waals surface area contributed by atoms with Crippen LogP contribution in [0.3, 0.4) is 0 Å². The van der Waals surface area contributed by atoms with Crippen molar-refractivity contribution in [2.45, 2.75) is 17.3 Å². The van der Waals surface area contributed by atoms with E-state index in [9.17, 15) is 13.9 Å². The second-order valence-electron chi connectivity index (χ2n) is 7.84. The van der Waals surface area contributed by atoms with Gasteiger partial charge in [0.1, 0.15) is 11.6 Å². The first-order valence-corrected chi connectivity index (χ1v) is 11.6. The molecule has 8 heteroatoms. The van der Waals surface area contributed by atoms with Crippen LogP contribution in [0, 0.1) is 11.6 Å². The summed E-state index contributed by atoms with van der Waals surface area (Å²) in [5.74, 6) is -0.00811. The van der Waals surface area contributed by atoms with Gasteiger partial charge < -0.3 is 5.11 Å². The molecule has 1 N–H and O–H groups in total. The van der Waals surface area contributed by atoms with E-state index in [1.54, 1.807) is 42.7 Å². The zero-order valence-corrected chi connectivity index (χ0v) is 18.5. The molecule has 1 atom stereocenters. The van der Waals surface area contributed by atoms with Gasteiger partial charge in [0, 0.05) is 50.9 Å². The molecular formula is C24H26F2N4OS. The lowest BCUT2D eigenvalue weighted by atomic mass is 9.96. The van der Waals surface area contributed by atoms with Gasteiger partial charge in [-0.15, -0.1) is 0 Å². The molecular weight excluding hydrogens is 430 g/mol. The molecule has 0 spiro atoms. The van der Waals surface area contributed by atoms with Crippen molar-refractivity contribution in [1.82, 2.24) is 19.8 Å². The van der Waals surface area contributed by atoms with E-state index in [0.717, 1.165) is 37.3 Å². The number of hydrogen-bond donors (Lipinski definition) is 1. The number of rotatable bonds is 8. The molecule has 2 aromatic carbocycles. The predicted octanol–water partition coefficient (Wildman–Crippen LogP) is 3.62. The average Bonchev–Trinajstić information content (AvgIpc) is 2.82. The van der Waals surface area contributed by atoms with E-state index in [0.29, 0.717) is 17.5 Å². The summed E-state index contributed by atoms with van der Waals surface area (Å²) in [6.45, 7) is 3.79. The highest BCUT2D eigenvalue weighted by Crippen LogP contribution is 2.30. The van der Waals surface area contributed by atoms with Crippen molar-refractivity contribution < 1.29 is 13.9 Å². The molecule has 4 rings (SSSR count). The fourth-order valence-corrected chi connectivity index (χ4v) is 4.71. The highest BCUT2D eigenvalue weighted by Gasteiger charge is 2.27. The Morgan fingerprint density at radius 1 is 0.844 bits per heavy atom. The topological polar surface area (TPSA) is 52.5 Å². The Hall–Kier alpha value is -2.39. The van der Waals surface area contributed by atoms with Gasteiger partial charge in [0.25, 0.3) is 0 Å². The quantitative estimate of drug-likeness (QED) is 0.413. The third kappa shape index (κ3) is 6.10. The van der Waals surface area contributed by atoms with Crippen molar-refractivity contribution in [2.24, 2.45) is 0 Å². The molecule has 3 aromatic rings. The van der Waals surface area contributed by atoms with Gasteiger partial charge in [-0.3, -0.25) is 9.80 Å². The third-order valence-corrected chi connectivity index (χ3v) is 6.58. The lowest BCUT2D eigenvalue weighted by Gasteiger charge is -2.40. The van der Waals surface area contributed by atoms with Crippen LogP contribution in [0.1, 0.15) is 17.2 Å². The number of nitrogens with zero attached hydrogens (tertiary/aromatic N) is 4. The number of benzene rings is 2. The van der Waals surface area contributed by atoms with Crippen molar-refractivity contribution in [3.05, 3.63) is 89.8 Å². The predicted molar refractivity (Wildman–Crippen MR) is 121 cm³/mol. The monoisotopic (exact) mass is 456 g/mol. The number of aliphatic hydroxyl groups excluding tert-OH is 1. The molecule has 1 aromatic heterocycles. The van der Waals surface area contributed by atoms with Gasteiger partial charge in [-0.1, -0.05) is 36.0 Å². The maximum Gasteiger partial charge on any atom is 0.187 e. The smallest absolute Gasteiger partial charge is 0.187 e. The molecule has 1 fully saturated rings. The molecule has 1 aliphatic rings. The number of aromatic nitrogens is 2. The minimum absolute atomic E-state index is 0.0749. The summed E-state index contributed by atoms with van der Waals surface area (Å²) in [5.41, 5.74) is 1.96. The van der Waals surface area contributed by atoms with Crippen molar-refractivity contribution in [1.29, 1.82) is 0 Å². The molecule has 168 valence electrons. The van der Waals surface area contributed by atoms with E-state index in [1.165, 1.54) is 36.0 Å². The molecule has 0 bridgehead atoms. The zero-order valence-electron chi connectivity index (χ0n) is 17.6. The molecule has 32 heavy (non-hydrogen) atoms. The Balaban J connectivity index is 1.36. The van der Waals surface area contributed by atoms with Crippen LogP contribution >= 0.6 is 11.8 Å². The van der Waals surface area contributed by atoms with Crippen LogP contribution in [0.2, 0.25) is 0 Å². The van der Waals surface area contributed by atoms with Crippen molar-refractivity contribution in [3.63, 3.8) is 0 Å². The van der Waals surface area contributed by atoms with Gasteiger partial charge in [-0.25, -0.2) is 18.7 Å². The van der Waals surface area contributed by atoms with E-state index in [1.807, 2.05) is 0 Å².